The highest BCUT2D eigenvalue weighted by Gasteiger charge is 2.34. The van der Waals surface area contributed by atoms with Gasteiger partial charge in [0.1, 0.15) is 11.9 Å². The molecule has 1 aromatic heterocycles. The Morgan fingerprint density at radius 1 is 1.19 bits per heavy atom. The Kier molecular flexibility index (Phi) is 7.34. The van der Waals surface area contributed by atoms with E-state index in [1.807, 2.05) is 0 Å². The number of pyridine rings is 1. The number of carbonyl (C=O) groups excluding carboxylic acids is 2. The Labute approximate surface area is 180 Å². The van der Waals surface area contributed by atoms with Gasteiger partial charge in [0.25, 0.3) is 0 Å². The van der Waals surface area contributed by atoms with Crippen LogP contribution in [0.2, 0.25) is 0 Å². The molecule has 0 bridgehead atoms. The number of hydrogen-bond donors (Lipinski definition) is 2. The van der Waals surface area contributed by atoms with E-state index >= 15 is 0 Å². The molecule has 1 unspecified atom stereocenters. The van der Waals surface area contributed by atoms with Gasteiger partial charge in [-0.3, -0.25) is 14.6 Å². The molecule has 2 amide bonds. The number of amides is 2. The molecule has 0 radical (unpaired) electrons. The van der Waals surface area contributed by atoms with Crippen molar-refractivity contribution in [1.82, 2.24) is 19.9 Å². The summed E-state index contributed by atoms with van der Waals surface area (Å²) in [6, 6.07) is 7.40. The van der Waals surface area contributed by atoms with Crippen molar-refractivity contribution in [1.29, 1.82) is 0 Å². The summed E-state index contributed by atoms with van der Waals surface area (Å²) < 4.78 is 40.0. The summed E-state index contributed by atoms with van der Waals surface area (Å²) in [7, 11) is -3.83. The van der Waals surface area contributed by atoms with Crippen LogP contribution in [0.1, 0.15) is 25.3 Å². The molecule has 2 N–H and O–H groups in total. The van der Waals surface area contributed by atoms with Crippen molar-refractivity contribution in [2.45, 2.75) is 37.2 Å². The van der Waals surface area contributed by atoms with E-state index in [-0.39, 0.29) is 29.8 Å². The number of piperidine rings is 1. The number of hydrogen-bond acceptors (Lipinski definition) is 5. The van der Waals surface area contributed by atoms with E-state index < -0.39 is 27.8 Å². The molecule has 2 heterocycles. The zero-order chi connectivity index (χ0) is 22.4. The van der Waals surface area contributed by atoms with E-state index in [0.29, 0.717) is 19.4 Å². The normalized spacial score (nSPS) is 18.2. The SMILES string of the molecule is C[C@H](NC(=O)C1CCCN(S(=O)(=O)c2ccc(F)cc2)C1)C(=O)NCc1ccncc1. The summed E-state index contributed by atoms with van der Waals surface area (Å²) in [5.74, 6) is -1.80. The molecule has 31 heavy (non-hydrogen) atoms. The fraction of sp³-hybridized carbons (Fsp3) is 0.381. The maximum absolute atomic E-state index is 13.1. The number of rotatable bonds is 7. The fourth-order valence-corrected chi connectivity index (χ4v) is 4.89. The first kappa shape index (κ1) is 22.8. The number of nitrogens with one attached hydrogen (secondary N) is 2. The number of sulfonamides is 1. The second-order valence-corrected chi connectivity index (χ2v) is 9.40. The van der Waals surface area contributed by atoms with Crippen molar-refractivity contribution in [2.75, 3.05) is 13.1 Å². The third-order valence-electron chi connectivity index (χ3n) is 5.17. The average molecular weight is 449 g/mol. The predicted molar refractivity (Wildman–Crippen MR) is 112 cm³/mol. The molecule has 1 saturated heterocycles. The molecule has 1 fully saturated rings. The van der Waals surface area contributed by atoms with Crippen molar-refractivity contribution < 1.29 is 22.4 Å². The minimum absolute atomic E-state index is 0.0108. The zero-order valence-electron chi connectivity index (χ0n) is 17.1. The Morgan fingerprint density at radius 3 is 2.55 bits per heavy atom. The quantitative estimate of drug-likeness (QED) is 0.666. The Morgan fingerprint density at radius 2 is 1.87 bits per heavy atom. The molecule has 1 aliphatic rings. The van der Waals surface area contributed by atoms with Crippen molar-refractivity contribution in [3.8, 4) is 0 Å². The number of carbonyl (C=O) groups is 2. The molecule has 1 aliphatic heterocycles. The lowest BCUT2D eigenvalue weighted by Crippen LogP contribution is -2.50. The molecule has 0 spiro atoms. The van der Waals surface area contributed by atoms with Crippen LogP contribution in [0.15, 0.2) is 53.7 Å². The monoisotopic (exact) mass is 448 g/mol. The van der Waals surface area contributed by atoms with E-state index in [1.54, 1.807) is 31.5 Å². The number of aromatic nitrogens is 1. The summed E-state index contributed by atoms with van der Waals surface area (Å²) in [6.45, 7) is 2.19. The summed E-state index contributed by atoms with van der Waals surface area (Å²) in [4.78, 5) is 28.9. The van der Waals surface area contributed by atoms with Crippen LogP contribution in [-0.2, 0) is 26.2 Å². The topological polar surface area (TPSA) is 108 Å². The molecule has 2 atom stereocenters. The molecule has 10 heteroatoms. The highest BCUT2D eigenvalue weighted by molar-refractivity contribution is 7.89. The molecule has 166 valence electrons. The van der Waals surface area contributed by atoms with E-state index in [9.17, 15) is 22.4 Å². The second-order valence-electron chi connectivity index (χ2n) is 7.46. The third kappa shape index (κ3) is 5.86. The standard InChI is InChI=1S/C21H25FN4O4S/c1-15(20(27)24-13-16-8-10-23-11-9-16)25-21(28)17-3-2-12-26(14-17)31(29,30)19-6-4-18(22)5-7-19/h4-11,15,17H,2-3,12-14H2,1H3,(H,24,27)(H,25,28)/t15-,17?/m0/s1. The number of benzene rings is 1. The van der Waals surface area contributed by atoms with Gasteiger partial charge in [0.05, 0.1) is 10.8 Å². The molecule has 2 aromatic rings. The maximum atomic E-state index is 13.1. The van der Waals surface area contributed by atoms with Gasteiger partial charge in [-0.25, -0.2) is 12.8 Å². The first-order chi connectivity index (χ1) is 14.8. The van der Waals surface area contributed by atoms with E-state index in [1.165, 1.54) is 16.4 Å². The highest BCUT2D eigenvalue weighted by atomic mass is 32.2. The average Bonchev–Trinajstić information content (AvgIpc) is 2.78. The first-order valence-corrected chi connectivity index (χ1v) is 11.4. The molecule has 0 aliphatic carbocycles. The van der Waals surface area contributed by atoms with Gasteiger partial charge in [-0.15, -0.1) is 0 Å². The maximum Gasteiger partial charge on any atom is 0.243 e. The molecule has 0 saturated carbocycles. The van der Waals surface area contributed by atoms with Gasteiger partial charge >= 0.3 is 0 Å². The third-order valence-corrected chi connectivity index (χ3v) is 7.05. The highest BCUT2D eigenvalue weighted by Crippen LogP contribution is 2.24. The van der Waals surface area contributed by atoms with Crippen LogP contribution >= 0.6 is 0 Å². The van der Waals surface area contributed by atoms with E-state index in [2.05, 4.69) is 15.6 Å². The molecular formula is C21H25FN4O4S. The van der Waals surface area contributed by atoms with Crippen LogP contribution in [0.3, 0.4) is 0 Å². The molecule has 3 rings (SSSR count). The van der Waals surface area contributed by atoms with Gasteiger partial charge in [-0.05, 0) is 61.7 Å². The minimum atomic E-state index is -3.83. The van der Waals surface area contributed by atoms with Crippen LogP contribution in [0, 0.1) is 11.7 Å². The van der Waals surface area contributed by atoms with Gasteiger partial charge in [-0.2, -0.15) is 4.31 Å². The predicted octanol–water partition coefficient (Wildman–Crippen LogP) is 1.44. The lowest BCUT2D eigenvalue weighted by molar-refractivity contribution is -0.131. The lowest BCUT2D eigenvalue weighted by atomic mass is 9.98. The summed E-state index contributed by atoms with van der Waals surface area (Å²) in [5, 5.41) is 5.42. The van der Waals surface area contributed by atoms with Crippen LogP contribution in [0.25, 0.3) is 0 Å². The Hall–Kier alpha value is -2.85. The second kappa shape index (κ2) is 9.97. The van der Waals surface area contributed by atoms with E-state index in [4.69, 9.17) is 0 Å². The van der Waals surface area contributed by atoms with Gasteiger partial charge < -0.3 is 10.6 Å². The zero-order valence-corrected chi connectivity index (χ0v) is 17.9. The molecular weight excluding hydrogens is 423 g/mol. The van der Waals surface area contributed by atoms with Crippen LogP contribution in [0.5, 0.6) is 0 Å². The Bertz CT molecular complexity index is 1020. The van der Waals surface area contributed by atoms with Gasteiger partial charge in [0, 0.05) is 32.0 Å². The van der Waals surface area contributed by atoms with Gasteiger partial charge in [0.15, 0.2) is 0 Å². The van der Waals surface area contributed by atoms with Gasteiger partial charge in [0.2, 0.25) is 21.8 Å². The van der Waals surface area contributed by atoms with Gasteiger partial charge in [-0.1, -0.05) is 0 Å². The van der Waals surface area contributed by atoms with Crippen LogP contribution in [0.4, 0.5) is 4.39 Å². The fourth-order valence-electron chi connectivity index (χ4n) is 3.37. The summed E-state index contributed by atoms with van der Waals surface area (Å²) in [6.07, 6.45) is 4.29. The van der Waals surface area contributed by atoms with Crippen molar-refractivity contribution >= 4 is 21.8 Å². The largest absolute Gasteiger partial charge is 0.350 e. The minimum Gasteiger partial charge on any atom is -0.350 e. The summed E-state index contributed by atoms with van der Waals surface area (Å²) in [5.41, 5.74) is 0.885. The van der Waals surface area contributed by atoms with Crippen molar-refractivity contribution in [3.05, 3.63) is 60.2 Å². The number of halogens is 1. The van der Waals surface area contributed by atoms with E-state index in [0.717, 1.165) is 17.7 Å². The molecule has 8 nitrogen and oxygen atoms in total. The van der Waals surface area contributed by atoms with Crippen LogP contribution in [-0.4, -0.2) is 48.7 Å². The van der Waals surface area contributed by atoms with Crippen molar-refractivity contribution in [2.24, 2.45) is 5.92 Å². The first-order valence-electron chi connectivity index (χ1n) is 10.00. The molecule has 1 aromatic carbocycles. The Balaban J connectivity index is 1.56. The van der Waals surface area contributed by atoms with Crippen molar-refractivity contribution in [3.63, 3.8) is 0 Å². The number of nitrogens with zero attached hydrogens (tertiary/aromatic N) is 2. The summed E-state index contributed by atoms with van der Waals surface area (Å²) >= 11 is 0. The lowest BCUT2D eigenvalue weighted by Gasteiger charge is -2.31. The smallest absolute Gasteiger partial charge is 0.243 e. The van der Waals surface area contributed by atoms with Crippen LogP contribution < -0.4 is 10.6 Å².